The maximum atomic E-state index is 13.0. The number of fused-ring (bicyclic) bond motifs is 1. The van der Waals surface area contributed by atoms with E-state index in [1.54, 1.807) is 0 Å². The van der Waals surface area contributed by atoms with Gasteiger partial charge in [-0.2, -0.15) is 0 Å². The van der Waals surface area contributed by atoms with E-state index in [0.717, 1.165) is 24.2 Å². The number of amides is 2. The largest absolute Gasteiger partial charge is 0.428 e. The molecule has 2 aliphatic heterocycles. The molecule has 1 aromatic rings. The van der Waals surface area contributed by atoms with Gasteiger partial charge in [-0.05, 0) is 12.0 Å². The summed E-state index contributed by atoms with van der Waals surface area (Å²) >= 11 is 2.38. The van der Waals surface area contributed by atoms with Crippen molar-refractivity contribution in [1.29, 1.82) is 0 Å². The highest BCUT2D eigenvalue weighted by atomic mass is 32.2. The Bertz CT molecular complexity index is 1070. The van der Waals surface area contributed by atoms with Gasteiger partial charge in [0.25, 0.3) is 11.8 Å². The van der Waals surface area contributed by atoms with Gasteiger partial charge in [-0.15, -0.1) is 23.1 Å². The summed E-state index contributed by atoms with van der Waals surface area (Å²) in [6.45, 7) is 1.51. The minimum absolute atomic E-state index is 0.0125. The zero-order chi connectivity index (χ0) is 26.2. The number of oxime groups is 1. The Morgan fingerprint density at radius 2 is 2.11 bits per heavy atom. The van der Waals surface area contributed by atoms with E-state index in [9.17, 15) is 24.4 Å². The summed E-state index contributed by atoms with van der Waals surface area (Å²) < 4.78 is 15.2. The van der Waals surface area contributed by atoms with Gasteiger partial charge in [-0.1, -0.05) is 24.9 Å². The van der Waals surface area contributed by atoms with Crippen LogP contribution in [0.2, 0.25) is 0 Å². The number of nitrogens with zero attached hydrogens (tertiary/aromatic N) is 3. The van der Waals surface area contributed by atoms with Crippen LogP contribution in [0.25, 0.3) is 0 Å². The molecule has 3 rings (SSSR count). The number of rotatable bonds is 12. The lowest BCUT2D eigenvalue weighted by Gasteiger charge is -2.49. The van der Waals surface area contributed by atoms with Gasteiger partial charge in [0.1, 0.15) is 22.8 Å². The number of ether oxygens (including phenoxy) is 3. The third-order valence-electron chi connectivity index (χ3n) is 5.32. The van der Waals surface area contributed by atoms with Crippen LogP contribution in [0, 0.1) is 0 Å². The summed E-state index contributed by atoms with van der Waals surface area (Å²) in [4.78, 5) is 55.4. The number of thiazole rings is 1. The predicted molar refractivity (Wildman–Crippen MR) is 130 cm³/mol. The molecule has 2 aliphatic rings. The zero-order valence-electron chi connectivity index (χ0n) is 19.7. The van der Waals surface area contributed by atoms with E-state index in [1.807, 2.05) is 6.92 Å². The van der Waals surface area contributed by atoms with Crippen molar-refractivity contribution < 1.29 is 38.6 Å². The smallest absolute Gasteiger partial charge is 0.358 e. The molecule has 4 N–H and O–H groups in total. The summed E-state index contributed by atoms with van der Waals surface area (Å²) in [5.74, 6) is -2.38. The average Bonchev–Trinajstić information content (AvgIpc) is 3.28. The van der Waals surface area contributed by atoms with E-state index in [0.29, 0.717) is 17.7 Å². The molecule has 13 nitrogen and oxygen atoms in total. The van der Waals surface area contributed by atoms with Crippen LogP contribution in [0.5, 0.6) is 0 Å². The lowest BCUT2D eigenvalue weighted by Crippen LogP contribution is -2.71. The van der Waals surface area contributed by atoms with E-state index < -0.39 is 47.7 Å². The standard InChI is InChI=1S/C21H27N5O8S2/c1-3-4-5-6-13(27)33-10-34-20(30)16-11(7-32-2)8-35-19-15(18(29)26(16)19)24-17(28)14(25-31)12-9-36-21(22)23-12/h9,15,19,31H,3-8,10H2,1-2H3,(H2,22,23)(H,24,28)/b25-14-/t15?,19-/m1/s1. The number of nitrogens with two attached hydrogens (primary N) is 1. The quantitative estimate of drug-likeness (QED) is 0.0648. The van der Waals surface area contributed by atoms with E-state index in [-0.39, 0.29) is 29.6 Å². The minimum Gasteiger partial charge on any atom is -0.428 e. The number of nitrogen functional groups attached to an aromatic ring is 1. The molecule has 0 bridgehead atoms. The number of methoxy groups -OCH3 is 1. The molecule has 196 valence electrons. The highest BCUT2D eigenvalue weighted by molar-refractivity contribution is 8.00. The van der Waals surface area contributed by atoms with E-state index in [1.165, 1.54) is 29.2 Å². The number of hydrogen-bond donors (Lipinski definition) is 3. The molecule has 0 aromatic carbocycles. The molecular weight excluding hydrogens is 514 g/mol. The van der Waals surface area contributed by atoms with Crippen molar-refractivity contribution in [3.05, 3.63) is 22.3 Å². The number of carbonyl (C=O) groups excluding carboxylic acids is 4. The lowest BCUT2D eigenvalue weighted by molar-refractivity contribution is -0.168. The highest BCUT2D eigenvalue weighted by Crippen LogP contribution is 2.40. The molecule has 0 aliphatic carbocycles. The van der Waals surface area contributed by atoms with Gasteiger partial charge in [0.05, 0.1) is 6.61 Å². The van der Waals surface area contributed by atoms with Crippen LogP contribution >= 0.6 is 23.1 Å². The highest BCUT2D eigenvalue weighted by Gasteiger charge is 2.54. The minimum atomic E-state index is -0.987. The zero-order valence-corrected chi connectivity index (χ0v) is 21.4. The molecule has 1 aromatic heterocycles. The normalized spacial score (nSPS) is 19.4. The third kappa shape index (κ3) is 6.14. The van der Waals surface area contributed by atoms with Gasteiger partial charge in [-0.25, -0.2) is 9.78 Å². The topological polar surface area (TPSA) is 183 Å². The summed E-state index contributed by atoms with van der Waals surface area (Å²) in [6, 6.07) is -0.987. The van der Waals surface area contributed by atoms with Crippen LogP contribution in [0.4, 0.5) is 5.13 Å². The molecule has 15 heteroatoms. The van der Waals surface area contributed by atoms with Crippen molar-refractivity contribution in [2.45, 2.75) is 44.0 Å². The maximum absolute atomic E-state index is 13.0. The van der Waals surface area contributed by atoms with Crippen molar-refractivity contribution >= 4 is 57.7 Å². The van der Waals surface area contributed by atoms with Gasteiger partial charge >= 0.3 is 11.9 Å². The Kier molecular flexibility index (Phi) is 9.66. The molecule has 0 saturated carbocycles. The van der Waals surface area contributed by atoms with Crippen LogP contribution in [-0.4, -0.2) is 82.2 Å². The summed E-state index contributed by atoms with van der Waals surface area (Å²) in [6.07, 6.45) is 2.75. The Morgan fingerprint density at radius 3 is 2.75 bits per heavy atom. The van der Waals surface area contributed by atoms with Gasteiger partial charge in [0, 0.05) is 24.7 Å². The molecule has 1 unspecified atom stereocenters. The van der Waals surface area contributed by atoms with E-state index >= 15 is 0 Å². The van der Waals surface area contributed by atoms with E-state index in [2.05, 4.69) is 15.5 Å². The third-order valence-corrected chi connectivity index (χ3v) is 7.33. The van der Waals surface area contributed by atoms with E-state index in [4.69, 9.17) is 19.9 Å². The maximum Gasteiger partial charge on any atom is 0.358 e. The number of esters is 2. The SMILES string of the molecule is CCCCCC(=O)OCOC(=O)C1=C(COC)CS[C@@H]2C(NC(=O)/C(=N\O)c3csc(N)n3)C(=O)N12. The van der Waals surface area contributed by atoms with Crippen LogP contribution in [0.15, 0.2) is 21.8 Å². The van der Waals surface area contributed by atoms with Gasteiger partial charge in [0.15, 0.2) is 10.8 Å². The second-order valence-corrected chi connectivity index (χ2v) is 9.78. The number of nitrogens with one attached hydrogen (secondary N) is 1. The summed E-state index contributed by atoms with van der Waals surface area (Å²) in [5, 5.41) is 15.8. The number of hydrogen-bond acceptors (Lipinski definition) is 13. The van der Waals surface area contributed by atoms with Crippen LogP contribution in [0.1, 0.15) is 38.3 Å². The van der Waals surface area contributed by atoms with Crippen molar-refractivity contribution in [2.75, 3.05) is 32.0 Å². The molecule has 2 atom stereocenters. The second kappa shape index (κ2) is 12.7. The van der Waals surface area contributed by atoms with Gasteiger partial charge in [-0.3, -0.25) is 19.3 Å². The first-order chi connectivity index (χ1) is 17.3. The molecule has 1 fully saturated rings. The fraction of sp³-hybridized carbons (Fsp3) is 0.524. The first kappa shape index (κ1) is 27.4. The van der Waals surface area contributed by atoms with Crippen LogP contribution < -0.4 is 11.1 Å². The monoisotopic (exact) mass is 541 g/mol. The number of unbranched alkanes of at least 4 members (excludes halogenated alkanes) is 2. The van der Waals surface area contributed by atoms with Crippen LogP contribution in [-0.2, 0) is 33.4 Å². The van der Waals surface area contributed by atoms with Crippen molar-refractivity contribution in [3.63, 3.8) is 0 Å². The molecule has 2 amide bonds. The van der Waals surface area contributed by atoms with Crippen LogP contribution in [0.3, 0.4) is 0 Å². The molecule has 36 heavy (non-hydrogen) atoms. The Labute approximate surface area is 215 Å². The second-order valence-electron chi connectivity index (χ2n) is 7.79. The predicted octanol–water partition coefficient (Wildman–Crippen LogP) is 0.828. The molecule has 0 radical (unpaired) electrons. The summed E-state index contributed by atoms with van der Waals surface area (Å²) in [5.41, 5.74) is 5.74. The first-order valence-corrected chi connectivity index (χ1v) is 13.0. The molecular formula is C21H27N5O8S2. The number of anilines is 1. The van der Waals surface area contributed by atoms with Crippen molar-refractivity contribution in [2.24, 2.45) is 5.16 Å². The van der Waals surface area contributed by atoms with Gasteiger partial charge < -0.3 is 30.5 Å². The molecule has 3 heterocycles. The first-order valence-electron chi connectivity index (χ1n) is 11.0. The lowest BCUT2D eigenvalue weighted by atomic mass is 10.0. The number of β-lactam (4-membered cyclic amide) rings is 1. The van der Waals surface area contributed by atoms with Crippen molar-refractivity contribution in [3.8, 4) is 0 Å². The summed E-state index contributed by atoms with van der Waals surface area (Å²) in [7, 11) is 1.45. The van der Waals surface area contributed by atoms with Gasteiger partial charge in [0.2, 0.25) is 6.79 Å². The molecule has 1 saturated heterocycles. The number of thioether (sulfide) groups is 1. The van der Waals surface area contributed by atoms with Crippen molar-refractivity contribution in [1.82, 2.24) is 15.2 Å². The molecule has 0 spiro atoms. The Balaban J connectivity index is 1.65. The Morgan fingerprint density at radius 1 is 1.33 bits per heavy atom. The average molecular weight is 542 g/mol. The number of carbonyl (C=O) groups is 4. The fourth-order valence-corrected chi connectivity index (χ4v) is 5.46. The number of aromatic nitrogens is 1. The fourth-order valence-electron chi connectivity index (χ4n) is 3.58. The Hall–Kier alpha value is -3.17.